The SMILES string of the molecule is C[C@@H]1CCCC[C@@H]1C(=O)C1CC[C@](O)(c2ccc(O)cc2)C(C)(C)C1. The van der Waals surface area contributed by atoms with Gasteiger partial charge in [-0.05, 0) is 54.7 Å². The van der Waals surface area contributed by atoms with E-state index in [0.29, 0.717) is 18.1 Å². The lowest BCUT2D eigenvalue weighted by atomic mass is 9.58. The van der Waals surface area contributed by atoms with Gasteiger partial charge in [0, 0.05) is 11.8 Å². The lowest BCUT2D eigenvalue weighted by Crippen LogP contribution is -2.49. The van der Waals surface area contributed by atoms with E-state index in [2.05, 4.69) is 20.8 Å². The molecule has 1 aromatic rings. The van der Waals surface area contributed by atoms with Gasteiger partial charge in [-0.3, -0.25) is 4.79 Å². The second-order valence-electron chi connectivity index (χ2n) is 9.00. The average molecular weight is 344 g/mol. The third kappa shape index (κ3) is 3.36. The molecule has 0 saturated heterocycles. The van der Waals surface area contributed by atoms with Gasteiger partial charge in [-0.25, -0.2) is 0 Å². The first kappa shape index (κ1) is 18.4. The van der Waals surface area contributed by atoms with Crippen molar-refractivity contribution in [1.82, 2.24) is 0 Å². The summed E-state index contributed by atoms with van der Waals surface area (Å²) in [6, 6.07) is 6.87. The number of ketones is 1. The van der Waals surface area contributed by atoms with Crippen LogP contribution in [0.5, 0.6) is 5.75 Å². The molecule has 1 aromatic carbocycles. The van der Waals surface area contributed by atoms with E-state index in [1.165, 1.54) is 19.3 Å². The number of rotatable bonds is 3. The van der Waals surface area contributed by atoms with Gasteiger partial charge in [-0.2, -0.15) is 0 Å². The first-order valence-electron chi connectivity index (χ1n) is 9.80. The number of phenolic OH excluding ortho intramolecular Hbond substituents is 1. The molecular formula is C22H32O3. The first-order chi connectivity index (χ1) is 11.7. The zero-order valence-corrected chi connectivity index (χ0v) is 15.8. The highest BCUT2D eigenvalue weighted by molar-refractivity contribution is 5.84. The van der Waals surface area contributed by atoms with Crippen molar-refractivity contribution in [3.05, 3.63) is 29.8 Å². The monoisotopic (exact) mass is 344 g/mol. The Hall–Kier alpha value is -1.35. The van der Waals surface area contributed by atoms with Crippen LogP contribution in [0.15, 0.2) is 24.3 Å². The number of hydrogen-bond acceptors (Lipinski definition) is 3. The smallest absolute Gasteiger partial charge is 0.139 e. The van der Waals surface area contributed by atoms with Crippen LogP contribution in [0, 0.1) is 23.2 Å². The van der Waals surface area contributed by atoms with Crippen molar-refractivity contribution in [2.75, 3.05) is 0 Å². The van der Waals surface area contributed by atoms with Crippen molar-refractivity contribution in [2.45, 2.75) is 71.3 Å². The Morgan fingerprint density at radius 3 is 2.32 bits per heavy atom. The fourth-order valence-electron chi connectivity index (χ4n) is 5.17. The van der Waals surface area contributed by atoms with E-state index >= 15 is 0 Å². The third-order valence-electron chi connectivity index (χ3n) is 6.96. The average Bonchev–Trinajstić information content (AvgIpc) is 2.57. The molecule has 3 rings (SSSR count). The summed E-state index contributed by atoms with van der Waals surface area (Å²) in [6.07, 6.45) is 6.72. The molecule has 0 spiro atoms. The third-order valence-corrected chi connectivity index (χ3v) is 6.96. The lowest BCUT2D eigenvalue weighted by molar-refractivity contribution is -0.145. The van der Waals surface area contributed by atoms with Crippen molar-refractivity contribution < 1.29 is 15.0 Å². The highest BCUT2D eigenvalue weighted by atomic mass is 16.3. The van der Waals surface area contributed by atoms with Crippen molar-refractivity contribution >= 4 is 5.78 Å². The molecular weight excluding hydrogens is 312 g/mol. The molecule has 2 aliphatic carbocycles. The fourth-order valence-corrected chi connectivity index (χ4v) is 5.17. The van der Waals surface area contributed by atoms with Gasteiger partial charge in [0.05, 0.1) is 5.60 Å². The number of hydrogen-bond donors (Lipinski definition) is 2. The second kappa shape index (κ2) is 6.75. The molecule has 25 heavy (non-hydrogen) atoms. The van der Waals surface area contributed by atoms with E-state index in [-0.39, 0.29) is 23.0 Å². The molecule has 3 heteroatoms. The molecule has 0 aliphatic heterocycles. The summed E-state index contributed by atoms with van der Waals surface area (Å²) in [5.41, 5.74) is -0.483. The highest BCUT2D eigenvalue weighted by Gasteiger charge is 2.51. The van der Waals surface area contributed by atoms with Crippen LogP contribution in [0.4, 0.5) is 0 Å². The van der Waals surface area contributed by atoms with Gasteiger partial charge >= 0.3 is 0 Å². The van der Waals surface area contributed by atoms with Gasteiger partial charge in [0.2, 0.25) is 0 Å². The molecule has 0 amide bonds. The number of aromatic hydroxyl groups is 1. The van der Waals surface area contributed by atoms with Crippen LogP contribution in [0.1, 0.15) is 71.3 Å². The Morgan fingerprint density at radius 1 is 1.08 bits per heavy atom. The summed E-state index contributed by atoms with van der Waals surface area (Å²) in [6.45, 7) is 6.37. The Kier molecular flexibility index (Phi) is 4.98. The van der Waals surface area contributed by atoms with E-state index in [4.69, 9.17) is 0 Å². The fraction of sp³-hybridized carbons (Fsp3) is 0.682. The van der Waals surface area contributed by atoms with Crippen LogP contribution >= 0.6 is 0 Å². The molecule has 0 bridgehead atoms. The summed E-state index contributed by atoms with van der Waals surface area (Å²) in [7, 11) is 0. The summed E-state index contributed by atoms with van der Waals surface area (Å²) in [5, 5.41) is 21.0. The topological polar surface area (TPSA) is 57.5 Å². The normalized spacial score (nSPS) is 35.3. The second-order valence-corrected chi connectivity index (χ2v) is 9.00. The van der Waals surface area contributed by atoms with Gasteiger partial charge in [-0.1, -0.05) is 52.2 Å². The number of phenols is 1. The molecule has 4 atom stereocenters. The molecule has 2 aliphatic rings. The van der Waals surface area contributed by atoms with E-state index in [0.717, 1.165) is 24.8 Å². The number of benzene rings is 1. The zero-order valence-electron chi connectivity index (χ0n) is 15.8. The molecule has 0 radical (unpaired) electrons. The Labute approximate surface area is 151 Å². The Bertz CT molecular complexity index is 619. The standard InChI is InChI=1S/C22H32O3/c1-15-6-4-5-7-19(15)20(24)16-12-13-22(25,21(2,3)14-16)17-8-10-18(23)11-9-17/h8-11,15-16,19,23,25H,4-7,12-14H2,1-3H3/t15-,16?,19+,22+/m1/s1. The van der Waals surface area contributed by atoms with E-state index in [9.17, 15) is 15.0 Å². The molecule has 2 fully saturated rings. The number of Topliss-reactive ketones (excluding diaryl/α,β-unsaturated/α-hetero) is 1. The molecule has 3 nitrogen and oxygen atoms in total. The maximum atomic E-state index is 13.1. The summed E-state index contributed by atoms with van der Waals surface area (Å²) >= 11 is 0. The van der Waals surface area contributed by atoms with Crippen LogP contribution in [0.2, 0.25) is 0 Å². The molecule has 2 saturated carbocycles. The number of carbonyl (C=O) groups excluding carboxylic acids is 1. The van der Waals surface area contributed by atoms with Gasteiger partial charge in [-0.15, -0.1) is 0 Å². The predicted octanol–water partition coefficient (Wildman–Crippen LogP) is 4.80. The van der Waals surface area contributed by atoms with Crippen molar-refractivity contribution in [1.29, 1.82) is 0 Å². The summed E-state index contributed by atoms with van der Waals surface area (Å²) in [4.78, 5) is 13.1. The van der Waals surface area contributed by atoms with Crippen LogP contribution in [-0.4, -0.2) is 16.0 Å². The minimum absolute atomic E-state index is 0.0675. The Balaban J connectivity index is 1.78. The summed E-state index contributed by atoms with van der Waals surface area (Å²) < 4.78 is 0. The van der Waals surface area contributed by atoms with Gasteiger partial charge in [0.15, 0.2) is 0 Å². The van der Waals surface area contributed by atoms with Crippen molar-refractivity contribution in [2.24, 2.45) is 23.2 Å². The highest BCUT2D eigenvalue weighted by Crippen LogP contribution is 2.53. The van der Waals surface area contributed by atoms with Gasteiger partial charge in [0.25, 0.3) is 0 Å². The minimum Gasteiger partial charge on any atom is -0.508 e. The Morgan fingerprint density at radius 2 is 1.72 bits per heavy atom. The molecule has 1 unspecified atom stereocenters. The quantitative estimate of drug-likeness (QED) is 0.828. The molecule has 138 valence electrons. The zero-order chi connectivity index (χ0) is 18.2. The molecule has 0 aromatic heterocycles. The maximum Gasteiger partial charge on any atom is 0.139 e. The molecule has 0 heterocycles. The maximum absolute atomic E-state index is 13.1. The largest absolute Gasteiger partial charge is 0.508 e. The van der Waals surface area contributed by atoms with Gasteiger partial charge < -0.3 is 10.2 Å². The first-order valence-corrected chi connectivity index (χ1v) is 9.80. The van der Waals surface area contributed by atoms with Crippen LogP contribution in [0.3, 0.4) is 0 Å². The predicted molar refractivity (Wildman–Crippen MR) is 99.3 cm³/mol. The van der Waals surface area contributed by atoms with Crippen LogP contribution in [0.25, 0.3) is 0 Å². The lowest BCUT2D eigenvalue weighted by Gasteiger charge is -2.50. The van der Waals surface area contributed by atoms with E-state index in [1.54, 1.807) is 12.1 Å². The van der Waals surface area contributed by atoms with Gasteiger partial charge in [0.1, 0.15) is 11.5 Å². The van der Waals surface area contributed by atoms with E-state index < -0.39 is 5.60 Å². The minimum atomic E-state index is -0.949. The number of aliphatic hydroxyl groups is 1. The number of carbonyl (C=O) groups is 1. The van der Waals surface area contributed by atoms with Crippen LogP contribution in [-0.2, 0) is 10.4 Å². The van der Waals surface area contributed by atoms with Crippen molar-refractivity contribution in [3.8, 4) is 5.75 Å². The van der Waals surface area contributed by atoms with Crippen molar-refractivity contribution in [3.63, 3.8) is 0 Å². The summed E-state index contributed by atoms with van der Waals surface area (Å²) in [5.74, 6) is 1.43. The molecule has 2 N–H and O–H groups in total. The van der Waals surface area contributed by atoms with E-state index in [1.807, 2.05) is 12.1 Å². The van der Waals surface area contributed by atoms with Crippen LogP contribution < -0.4 is 0 Å².